The van der Waals surface area contributed by atoms with Crippen molar-refractivity contribution in [1.82, 2.24) is 4.31 Å². The van der Waals surface area contributed by atoms with Gasteiger partial charge in [0.05, 0.1) is 17.4 Å². The Morgan fingerprint density at radius 1 is 1.11 bits per heavy atom. The maximum atomic E-state index is 13.3. The molecule has 2 aromatic rings. The molecule has 0 N–H and O–H groups in total. The van der Waals surface area contributed by atoms with E-state index in [0.717, 1.165) is 16.5 Å². The summed E-state index contributed by atoms with van der Waals surface area (Å²) in [5, 5.41) is 1.63. The van der Waals surface area contributed by atoms with Gasteiger partial charge in [0.1, 0.15) is 0 Å². The first-order chi connectivity index (χ1) is 12.9. The highest BCUT2D eigenvalue weighted by atomic mass is 32.2. The number of carbonyl (C=O) groups excluding carboxylic acids is 1. The summed E-state index contributed by atoms with van der Waals surface area (Å²) in [5.41, 5.74) is 0.977. The summed E-state index contributed by atoms with van der Waals surface area (Å²) in [6, 6.07) is 11.1. The molecule has 0 aliphatic carbocycles. The highest BCUT2D eigenvalue weighted by Gasteiger charge is 2.33. The molecule has 0 radical (unpaired) electrons. The van der Waals surface area contributed by atoms with Gasteiger partial charge < -0.3 is 9.64 Å². The SMILES string of the molecule is CCOC(=O)C1CCN(S(=O)(=O)c2cccc3c(N(C)C)cccc23)CC1. The van der Waals surface area contributed by atoms with Crippen molar-refractivity contribution in [2.75, 3.05) is 38.7 Å². The molecule has 1 aliphatic heterocycles. The van der Waals surface area contributed by atoms with Gasteiger partial charge in [-0.3, -0.25) is 4.79 Å². The van der Waals surface area contributed by atoms with E-state index in [1.807, 2.05) is 43.3 Å². The lowest BCUT2D eigenvalue weighted by Crippen LogP contribution is -2.40. The van der Waals surface area contributed by atoms with Gasteiger partial charge in [-0.05, 0) is 31.9 Å². The highest BCUT2D eigenvalue weighted by molar-refractivity contribution is 7.89. The number of ether oxygens (including phenoxy) is 1. The van der Waals surface area contributed by atoms with E-state index in [1.165, 1.54) is 4.31 Å². The summed E-state index contributed by atoms with van der Waals surface area (Å²) in [6.45, 7) is 2.78. The average molecular weight is 391 g/mol. The summed E-state index contributed by atoms with van der Waals surface area (Å²) in [5.74, 6) is -0.445. The zero-order chi connectivity index (χ0) is 19.6. The van der Waals surface area contributed by atoms with Gasteiger partial charge in [0, 0.05) is 43.6 Å². The minimum absolute atomic E-state index is 0.218. The molecule has 146 valence electrons. The molecule has 0 saturated carbocycles. The molecule has 1 saturated heterocycles. The summed E-state index contributed by atoms with van der Waals surface area (Å²) in [6.07, 6.45) is 0.984. The topological polar surface area (TPSA) is 66.9 Å². The van der Waals surface area contributed by atoms with Crippen LogP contribution < -0.4 is 4.90 Å². The lowest BCUT2D eigenvalue weighted by atomic mass is 9.98. The van der Waals surface area contributed by atoms with Crippen molar-refractivity contribution in [3.8, 4) is 0 Å². The second-order valence-corrected chi connectivity index (χ2v) is 8.86. The number of rotatable bonds is 5. The van der Waals surface area contributed by atoms with E-state index in [9.17, 15) is 13.2 Å². The second kappa shape index (κ2) is 7.86. The number of carbonyl (C=O) groups is 1. The van der Waals surface area contributed by atoms with Crippen LogP contribution >= 0.6 is 0 Å². The lowest BCUT2D eigenvalue weighted by Gasteiger charge is -2.30. The van der Waals surface area contributed by atoms with Gasteiger partial charge in [-0.15, -0.1) is 0 Å². The molecular weight excluding hydrogens is 364 g/mol. The fourth-order valence-electron chi connectivity index (χ4n) is 3.61. The van der Waals surface area contributed by atoms with Gasteiger partial charge in [-0.1, -0.05) is 24.3 Å². The highest BCUT2D eigenvalue weighted by Crippen LogP contribution is 2.33. The van der Waals surface area contributed by atoms with Crippen LogP contribution in [0.1, 0.15) is 19.8 Å². The zero-order valence-electron chi connectivity index (χ0n) is 16.0. The van der Waals surface area contributed by atoms with Crippen LogP contribution in [0.3, 0.4) is 0 Å². The van der Waals surface area contributed by atoms with Crippen LogP contribution in [0, 0.1) is 5.92 Å². The molecule has 0 bridgehead atoms. The molecule has 1 aliphatic rings. The van der Waals surface area contributed by atoms with Crippen molar-refractivity contribution >= 4 is 32.5 Å². The number of hydrogen-bond donors (Lipinski definition) is 0. The zero-order valence-corrected chi connectivity index (χ0v) is 16.8. The van der Waals surface area contributed by atoms with Crippen LogP contribution in [0.5, 0.6) is 0 Å². The molecule has 2 aromatic carbocycles. The van der Waals surface area contributed by atoms with Crippen molar-refractivity contribution in [2.24, 2.45) is 5.92 Å². The van der Waals surface area contributed by atoms with Gasteiger partial charge in [0.2, 0.25) is 10.0 Å². The predicted molar refractivity (Wildman–Crippen MR) is 106 cm³/mol. The molecule has 0 atom stereocenters. The van der Waals surface area contributed by atoms with E-state index in [0.29, 0.717) is 37.4 Å². The third kappa shape index (κ3) is 3.80. The number of anilines is 1. The Hall–Kier alpha value is -2.12. The van der Waals surface area contributed by atoms with E-state index in [4.69, 9.17) is 4.74 Å². The predicted octanol–water partition coefficient (Wildman–Crippen LogP) is 2.87. The van der Waals surface area contributed by atoms with E-state index >= 15 is 0 Å². The monoisotopic (exact) mass is 390 g/mol. The Labute approximate surface area is 160 Å². The molecule has 3 rings (SSSR count). The molecule has 0 unspecified atom stereocenters. The molecular formula is C20H26N2O4S. The quantitative estimate of drug-likeness (QED) is 0.735. The van der Waals surface area contributed by atoms with Gasteiger partial charge in [0.15, 0.2) is 0 Å². The number of hydrogen-bond acceptors (Lipinski definition) is 5. The molecule has 0 spiro atoms. The first-order valence-electron chi connectivity index (χ1n) is 9.22. The van der Waals surface area contributed by atoms with Crippen LogP contribution in [-0.2, 0) is 19.6 Å². The maximum absolute atomic E-state index is 13.3. The second-order valence-electron chi connectivity index (χ2n) is 6.95. The third-order valence-electron chi connectivity index (χ3n) is 5.03. The van der Waals surface area contributed by atoms with Crippen LogP contribution in [0.2, 0.25) is 0 Å². The van der Waals surface area contributed by atoms with Crippen LogP contribution in [0.4, 0.5) is 5.69 Å². The minimum Gasteiger partial charge on any atom is -0.466 e. The number of nitrogens with zero attached hydrogens (tertiary/aromatic N) is 2. The van der Waals surface area contributed by atoms with Crippen molar-refractivity contribution in [2.45, 2.75) is 24.7 Å². The molecule has 7 heteroatoms. The van der Waals surface area contributed by atoms with E-state index in [1.54, 1.807) is 19.1 Å². The molecule has 1 fully saturated rings. The summed E-state index contributed by atoms with van der Waals surface area (Å²) >= 11 is 0. The standard InChI is InChI=1S/C20H26N2O4S/c1-4-26-20(23)15-11-13-22(14-12-15)27(24,25)19-10-6-7-16-17(19)8-5-9-18(16)21(2)3/h5-10,15H,4,11-14H2,1-3H3. The Bertz CT molecular complexity index is 932. The van der Waals surface area contributed by atoms with E-state index < -0.39 is 10.0 Å². The fraction of sp³-hybridized carbons (Fsp3) is 0.450. The Morgan fingerprint density at radius 3 is 2.37 bits per heavy atom. The number of sulfonamides is 1. The Balaban J connectivity index is 1.90. The maximum Gasteiger partial charge on any atom is 0.309 e. The molecule has 0 amide bonds. The summed E-state index contributed by atoms with van der Waals surface area (Å²) in [7, 11) is 0.251. The average Bonchev–Trinajstić information content (AvgIpc) is 2.67. The number of esters is 1. The molecule has 27 heavy (non-hydrogen) atoms. The van der Waals surface area contributed by atoms with Gasteiger partial charge >= 0.3 is 5.97 Å². The van der Waals surface area contributed by atoms with Gasteiger partial charge in [-0.25, -0.2) is 8.42 Å². The van der Waals surface area contributed by atoms with Gasteiger partial charge in [-0.2, -0.15) is 4.31 Å². The van der Waals surface area contributed by atoms with Crippen LogP contribution in [-0.4, -0.2) is 52.5 Å². The van der Waals surface area contributed by atoms with Gasteiger partial charge in [0.25, 0.3) is 0 Å². The van der Waals surface area contributed by atoms with Crippen molar-refractivity contribution in [1.29, 1.82) is 0 Å². The molecule has 0 aromatic heterocycles. The van der Waals surface area contributed by atoms with Crippen LogP contribution in [0.25, 0.3) is 10.8 Å². The van der Waals surface area contributed by atoms with E-state index in [-0.39, 0.29) is 11.9 Å². The number of piperidine rings is 1. The number of fused-ring (bicyclic) bond motifs is 1. The minimum atomic E-state index is -3.63. The number of benzene rings is 2. The Kier molecular flexibility index (Phi) is 5.72. The van der Waals surface area contributed by atoms with Crippen molar-refractivity contribution in [3.05, 3.63) is 36.4 Å². The first-order valence-corrected chi connectivity index (χ1v) is 10.7. The smallest absolute Gasteiger partial charge is 0.309 e. The molecule has 1 heterocycles. The lowest BCUT2D eigenvalue weighted by molar-refractivity contribution is -0.149. The van der Waals surface area contributed by atoms with Crippen molar-refractivity contribution in [3.63, 3.8) is 0 Å². The van der Waals surface area contributed by atoms with E-state index in [2.05, 4.69) is 0 Å². The summed E-state index contributed by atoms with van der Waals surface area (Å²) in [4.78, 5) is 14.2. The summed E-state index contributed by atoms with van der Waals surface area (Å²) < 4.78 is 33.1. The van der Waals surface area contributed by atoms with Crippen molar-refractivity contribution < 1.29 is 17.9 Å². The Morgan fingerprint density at radius 2 is 1.74 bits per heavy atom. The molecule has 6 nitrogen and oxygen atoms in total. The van der Waals surface area contributed by atoms with Crippen LogP contribution in [0.15, 0.2) is 41.3 Å². The third-order valence-corrected chi connectivity index (χ3v) is 6.99. The fourth-order valence-corrected chi connectivity index (χ4v) is 5.29. The first kappa shape index (κ1) is 19.6. The largest absolute Gasteiger partial charge is 0.466 e. The normalized spacial score (nSPS) is 16.4.